The number of nitrogens with one attached hydrogen (secondary N) is 2. The Hall–Kier alpha value is -4.84. The average Bonchev–Trinajstić information content (AvgIpc) is 3.47. The van der Waals surface area contributed by atoms with Crippen molar-refractivity contribution >= 4 is 34.6 Å². The van der Waals surface area contributed by atoms with Crippen LogP contribution in [0.5, 0.6) is 5.75 Å². The number of anilines is 1. The van der Waals surface area contributed by atoms with Crippen molar-refractivity contribution in [1.29, 1.82) is 0 Å². The fraction of sp³-hybridized carbons (Fsp3) is 0.233. The minimum atomic E-state index is -0.437. The maximum Gasteiger partial charge on any atom is 0.271 e. The van der Waals surface area contributed by atoms with Gasteiger partial charge >= 0.3 is 0 Å². The van der Waals surface area contributed by atoms with Gasteiger partial charge in [-0.2, -0.15) is 0 Å². The van der Waals surface area contributed by atoms with E-state index in [1.54, 1.807) is 12.3 Å². The van der Waals surface area contributed by atoms with E-state index in [2.05, 4.69) is 15.6 Å². The van der Waals surface area contributed by atoms with Gasteiger partial charge < -0.3 is 24.8 Å². The molecule has 2 aromatic carbocycles. The van der Waals surface area contributed by atoms with E-state index in [4.69, 9.17) is 17.0 Å². The summed E-state index contributed by atoms with van der Waals surface area (Å²) in [5.41, 5.74) is 4.37. The van der Waals surface area contributed by atoms with Crippen molar-refractivity contribution in [3.8, 4) is 11.4 Å². The molecule has 1 saturated heterocycles. The van der Waals surface area contributed by atoms with Crippen LogP contribution in [0.3, 0.4) is 0 Å². The summed E-state index contributed by atoms with van der Waals surface area (Å²) in [5.74, 6) is -0.133. The molecule has 10 nitrogen and oxygen atoms in total. The van der Waals surface area contributed by atoms with Crippen LogP contribution in [0.1, 0.15) is 41.1 Å². The molecular formula is C30H29FN6O4S. The standard InChI is InChI=1S/C30H29FN6O4S/c1-18-16-23(19(2)36(18)25-17-22(37(39)40)11-12-26(25)41-3)29-28(24-6-4-5-14-32-24)34-30(42)35(29)15-13-27(38)33-21-9-7-20(31)8-10-21/h4-12,14,16-17,28-29H,13,15H2,1-3H3,(H,33,38)(H,34,42)/t28-,29+/m1/s1. The van der Waals surface area contributed by atoms with E-state index in [-0.39, 0.29) is 35.9 Å². The summed E-state index contributed by atoms with van der Waals surface area (Å²) >= 11 is 5.76. The third-order valence-corrected chi connectivity index (χ3v) is 7.66. The molecule has 1 aliphatic heterocycles. The molecule has 0 spiro atoms. The molecule has 0 radical (unpaired) electrons. The molecule has 216 valence electrons. The van der Waals surface area contributed by atoms with E-state index in [1.165, 1.54) is 43.5 Å². The third-order valence-electron chi connectivity index (χ3n) is 7.31. The molecule has 3 heterocycles. The largest absolute Gasteiger partial charge is 0.495 e. The summed E-state index contributed by atoms with van der Waals surface area (Å²) in [5, 5.41) is 18.2. The van der Waals surface area contributed by atoms with E-state index in [0.717, 1.165) is 22.6 Å². The van der Waals surface area contributed by atoms with Gasteiger partial charge in [-0.1, -0.05) is 6.07 Å². The van der Waals surface area contributed by atoms with Gasteiger partial charge in [-0.15, -0.1) is 0 Å². The first-order valence-electron chi connectivity index (χ1n) is 13.2. The average molecular weight is 589 g/mol. The third kappa shape index (κ3) is 5.66. The molecule has 42 heavy (non-hydrogen) atoms. The van der Waals surface area contributed by atoms with Gasteiger partial charge in [-0.05, 0) is 80.2 Å². The van der Waals surface area contributed by atoms with Gasteiger partial charge in [0, 0.05) is 48.4 Å². The van der Waals surface area contributed by atoms with Gasteiger partial charge in [-0.25, -0.2) is 4.39 Å². The molecule has 2 N–H and O–H groups in total. The number of carbonyl (C=O) groups excluding carboxylic acids is 1. The smallest absolute Gasteiger partial charge is 0.271 e. The van der Waals surface area contributed by atoms with E-state index >= 15 is 0 Å². The summed E-state index contributed by atoms with van der Waals surface area (Å²) in [6, 6.07) is 17.1. The lowest BCUT2D eigenvalue weighted by Gasteiger charge is -2.28. The van der Waals surface area contributed by atoms with Crippen LogP contribution in [0.25, 0.3) is 5.69 Å². The van der Waals surface area contributed by atoms with Gasteiger partial charge in [0.15, 0.2) is 5.11 Å². The van der Waals surface area contributed by atoms with Gasteiger partial charge in [0.2, 0.25) is 5.91 Å². The highest BCUT2D eigenvalue weighted by molar-refractivity contribution is 7.80. The normalized spacial score (nSPS) is 16.3. The monoisotopic (exact) mass is 588 g/mol. The molecule has 0 aliphatic carbocycles. The Balaban J connectivity index is 1.51. The van der Waals surface area contributed by atoms with Crippen LogP contribution in [0.4, 0.5) is 15.8 Å². The van der Waals surface area contributed by atoms with Crippen molar-refractivity contribution in [2.75, 3.05) is 19.0 Å². The lowest BCUT2D eigenvalue weighted by atomic mass is 9.96. The lowest BCUT2D eigenvalue weighted by molar-refractivity contribution is -0.384. The number of amides is 1. The van der Waals surface area contributed by atoms with Crippen LogP contribution in [0.2, 0.25) is 0 Å². The highest BCUT2D eigenvalue weighted by atomic mass is 32.1. The number of rotatable bonds is 9. The zero-order valence-corrected chi connectivity index (χ0v) is 24.0. The number of halogens is 1. The van der Waals surface area contributed by atoms with Crippen LogP contribution in [0, 0.1) is 29.8 Å². The maximum absolute atomic E-state index is 13.3. The number of hydrogen-bond donors (Lipinski definition) is 2. The van der Waals surface area contributed by atoms with Crippen LogP contribution in [-0.4, -0.2) is 44.0 Å². The number of ether oxygens (including phenoxy) is 1. The number of nitrogens with zero attached hydrogens (tertiary/aromatic N) is 4. The number of carbonyl (C=O) groups is 1. The van der Waals surface area contributed by atoms with Crippen LogP contribution in [0.15, 0.2) is 72.9 Å². The topological polar surface area (TPSA) is 115 Å². The summed E-state index contributed by atoms with van der Waals surface area (Å²) in [6.07, 6.45) is 1.84. The second-order valence-electron chi connectivity index (χ2n) is 9.90. The number of aromatic nitrogens is 2. The summed E-state index contributed by atoms with van der Waals surface area (Å²) in [6.45, 7) is 4.17. The van der Waals surface area contributed by atoms with Crippen LogP contribution in [-0.2, 0) is 4.79 Å². The van der Waals surface area contributed by atoms with Crippen molar-refractivity contribution < 1.29 is 18.8 Å². The quantitative estimate of drug-likeness (QED) is 0.149. The van der Waals surface area contributed by atoms with E-state index in [0.29, 0.717) is 28.8 Å². The minimum Gasteiger partial charge on any atom is -0.495 e. The van der Waals surface area contributed by atoms with E-state index in [9.17, 15) is 19.3 Å². The molecule has 1 aliphatic rings. The Morgan fingerprint density at radius 2 is 1.93 bits per heavy atom. The molecule has 1 amide bonds. The first kappa shape index (κ1) is 28.7. The number of hydrogen-bond acceptors (Lipinski definition) is 6. The van der Waals surface area contributed by atoms with Gasteiger partial charge in [0.25, 0.3) is 5.69 Å². The predicted octanol–water partition coefficient (Wildman–Crippen LogP) is 5.55. The maximum atomic E-state index is 13.3. The molecule has 12 heteroatoms. The first-order chi connectivity index (χ1) is 20.2. The Kier molecular flexibility index (Phi) is 8.16. The number of pyridine rings is 1. The molecule has 0 unspecified atom stereocenters. The van der Waals surface area contributed by atoms with Crippen LogP contribution >= 0.6 is 12.2 Å². The van der Waals surface area contributed by atoms with Crippen LogP contribution < -0.4 is 15.4 Å². The van der Waals surface area contributed by atoms with Crippen molar-refractivity contribution in [3.05, 3.63) is 112 Å². The van der Waals surface area contributed by atoms with Gasteiger partial charge in [0.05, 0.1) is 35.5 Å². The number of benzene rings is 2. The highest BCUT2D eigenvalue weighted by Gasteiger charge is 2.41. The zero-order chi connectivity index (χ0) is 30.0. The number of thiocarbonyl (C=S) groups is 1. The molecule has 2 atom stereocenters. The zero-order valence-electron chi connectivity index (χ0n) is 23.2. The van der Waals surface area contributed by atoms with Gasteiger partial charge in [0.1, 0.15) is 11.6 Å². The second-order valence-corrected chi connectivity index (χ2v) is 10.3. The summed E-state index contributed by atoms with van der Waals surface area (Å²) in [7, 11) is 1.52. The fourth-order valence-electron chi connectivity index (χ4n) is 5.39. The number of aryl methyl sites for hydroxylation is 1. The summed E-state index contributed by atoms with van der Waals surface area (Å²) in [4.78, 5) is 30.5. The first-order valence-corrected chi connectivity index (χ1v) is 13.6. The Morgan fingerprint density at radius 3 is 2.60 bits per heavy atom. The predicted molar refractivity (Wildman–Crippen MR) is 160 cm³/mol. The molecule has 0 bridgehead atoms. The fourth-order valence-corrected chi connectivity index (χ4v) is 5.72. The van der Waals surface area contributed by atoms with E-state index < -0.39 is 4.92 Å². The van der Waals surface area contributed by atoms with Crippen molar-refractivity contribution in [2.45, 2.75) is 32.4 Å². The Bertz CT molecular complexity index is 1640. The summed E-state index contributed by atoms with van der Waals surface area (Å²) < 4.78 is 20.8. The SMILES string of the molecule is COc1ccc([N+](=O)[O-])cc1-n1c(C)cc([C@H]2[C@@H](c3ccccn3)NC(=S)N2CCC(=O)Nc2ccc(F)cc2)c1C. The van der Waals surface area contributed by atoms with Gasteiger partial charge in [-0.3, -0.25) is 19.9 Å². The molecule has 5 rings (SSSR count). The molecule has 1 fully saturated rings. The number of nitro benzene ring substituents is 1. The highest BCUT2D eigenvalue weighted by Crippen LogP contribution is 2.42. The van der Waals surface area contributed by atoms with E-state index in [1.807, 2.05) is 47.6 Å². The molecule has 4 aromatic rings. The number of non-ortho nitro benzene ring substituents is 1. The molecule has 2 aromatic heterocycles. The Morgan fingerprint density at radius 1 is 1.17 bits per heavy atom. The molecular weight excluding hydrogens is 559 g/mol. The number of nitro groups is 1. The van der Waals surface area contributed by atoms with Crippen molar-refractivity contribution in [3.63, 3.8) is 0 Å². The Labute approximate surface area is 247 Å². The van der Waals surface area contributed by atoms with Crippen molar-refractivity contribution in [2.24, 2.45) is 0 Å². The van der Waals surface area contributed by atoms with Crippen molar-refractivity contribution in [1.82, 2.24) is 19.8 Å². The minimum absolute atomic E-state index is 0.0521. The number of methoxy groups -OCH3 is 1. The lowest BCUT2D eigenvalue weighted by Crippen LogP contribution is -2.32. The second kappa shape index (κ2) is 12.0. The molecule has 0 saturated carbocycles.